The first-order valence-electron chi connectivity index (χ1n) is 5.06. The highest BCUT2D eigenvalue weighted by atomic mass is 16.5. The third-order valence-corrected chi connectivity index (χ3v) is 2.06. The summed E-state index contributed by atoms with van der Waals surface area (Å²) in [6.45, 7) is 4.86. The van der Waals surface area contributed by atoms with Gasteiger partial charge in [-0.15, -0.1) is 0 Å². The molecule has 0 saturated carbocycles. The molecule has 13 heavy (non-hydrogen) atoms. The van der Waals surface area contributed by atoms with Crippen LogP contribution >= 0.6 is 0 Å². The maximum atomic E-state index is 5.05. The monoisotopic (exact) mass is 189 g/mol. The summed E-state index contributed by atoms with van der Waals surface area (Å²) in [5.41, 5.74) is 0. The summed E-state index contributed by atoms with van der Waals surface area (Å²) in [6.07, 6.45) is 3.39. The largest absolute Gasteiger partial charge is 0.385 e. The highest BCUT2D eigenvalue weighted by Crippen LogP contribution is 2.02. The van der Waals surface area contributed by atoms with Gasteiger partial charge in [0.25, 0.3) is 0 Å². The molecule has 0 aliphatic heterocycles. The second-order valence-corrected chi connectivity index (χ2v) is 3.17. The lowest BCUT2D eigenvalue weighted by atomic mass is 10.1. The van der Waals surface area contributed by atoms with Gasteiger partial charge in [0.1, 0.15) is 0 Å². The zero-order valence-corrected chi connectivity index (χ0v) is 9.14. The van der Waals surface area contributed by atoms with Gasteiger partial charge in [0.05, 0.1) is 0 Å². The van der Waals surface area contributed by atoms with Crippen LogP contribution in [0.15, 0.2) is 0 Å². The van der Waals surface area contributed by atoms with Gasteiger partial charge in [0, 0.05) is 33.5 Å². The van der Waals surface area contributed by atoms with Crippen LogP contribution in [0.3, 0.4) is 0 Å². The maximum absolute atomic E-state index is 5.05. The van der Waals surface area contributed by atoms with Crippen LogP contribution in [0.25, 0.3) is 0 Å². The van der Waals surface area contributed by atoms with Gasteiger partial charge in [0.15, 0.2) is 0 Å². The Morgan fingerprint density at radius 3 is 2.31 bits per heavy atom. The molecule has 0 aromatic carbocycles. The van der Waals surface area contributed by atoms with Crippen LogP contribution < -0.4 is 5.32 Å². The zero-order chi connectivity index (χ0) is 9.94. The predicted molar refractivity (Wildman–Crippen MR) is 55.1 cm³/mol. The van der Waals surface area contributed by atoms with E-state index in [4.69, 9.17) is 9.47 Å². The molecule has 0 bridgehead atoms. The van der Waals surface area contributed by atoms with Gasteiger partial charge in [-0.05, 0) is 25.8 Å². The molecule has 0 amide bonds. The molecule has 0 aliphatic carbocycles. The topological polar surface area (TPSA) is 30.5 Å². The van der Waals surface area contributed by atoms with E-state index in [1.807, 2.05) is 0 Å². The Morgan fingerprint density at radius 1 is 1.08 bits per heavy atom. The van der Waals surface area contributed by atoms with Gasteiger partial charge in [0.2, 0.25) is 0 Å². The normalized spacial score (nSPS) is 13.2. The molecule has 3 heteroatoms. The minimum absolute atomic E-state index is 0.583. The number of ether oxygens (including phenoxy) is 2. The molecular weight excluding hydrogens is 166 g/mol. The van der Waals surface area contributed by atoms with E-state index in [1.165, 1.54) is 6.42 Å². The zero-order valence-electron chi connectivity index (χ0n) is 9.14. The van der Waals surface area contributed by atoms with E-state index in [2.05, 4.69) is 12.2 Å². The molecule has 0 rings (SSSR count). The summed E-state index contributed by atoms with van der Waals surface area (Å²) in [6, 6.07) is 0.583. The second-order valence-electron chi connectivity index (χ2n) is 3.17. The molecule has 0 radical (unpaired) electrons. The molecule has 0 heterocycles. The van der Waals surface area contributed by atoms with Crippen molar-refractivity contribution in [1.29, 1.82) is 0 Å². The van der Waals surface area contributed by atoms with Crippen molar-refractivity contribution < 1.29 is 9.47 Å². The van der Waals surface area contributed by atoms with E-state index in [9.17, 15) is 0 Å². The fourth-order valence-corrected chi connectivity index (χ4v) is 1.37. The van der Waals surface area contributed by atoms with Gasteiger partial charge in [-0.3, -0.25) is 0 Å². The van der Waals surface area contributed by atoms with Gasteiger partial charge in [-0.2, -0.15) is 0 Å². The molecule has 0 fully saturated rings. The lowest BCUT2D eigenvalue weighted by molar-refractivity contribution is 0.168. The lowest BCUT2D eigenvalue weighted by Gasteiger charge is -2.16. The molecule has 3 nitrogen and oxygen atoms in total. The smallest absolute Gasteiger partial charge is 0.0477 e. The summed E-state index contributed by atoms with van der Waals surface area (Å²) in [5, 5.41) is 3.44. The summed E-state index contributed by atoms with van der Waals surface area (Å²) >= 11 is 0. The minimum atomic E-state index is 0.583. The van der Waals surface area contributed by atoms with E-state index in [0.717, 1.165) is 32.6 Å². The standard InChI is InChI=1S/C10H23NO2/c1-4-11-10(7-9-13-3)6-5-8-12-2/h10-11H,4-9H2,1-3H3. The lowest BCUT2D eigenvalue weighted by Crippen LogP contribution is -2.30. The van der Waals surface area contributed by atoms with Crippen LogP contribution in [-0.4, -0.2) is 40.0 Å². The van der Waals surface area contributed by atoms with Gasteiger partial charge >= 0.3 is 0 Å². The maximum Gasteiger partial charge on any atom is 0.0477 e. The molecule has 0 saturated heterocycles. The minimum Gasteiger partial charge on any atom is -0.385 e. The molecule has 0 aliphatic rings. The number of hydrogen-bond donors (Lipinski definition) is 1. The molecule has 1 N–H and O–H groups in total. The van der Waals surface area contributed by atoms with Crippen molar-refractivity contribution in [3.05, 3.63) is 0 Å². The molecule has 1 atom stereocenters. The highest BCUT2D eigenvalue weighted by molar-refractivity contribution is 4.65. The van der Waals surface area contributed by atoms with Crippen LogP contribution in [0.5, 0.6) is 0 Å². The SMILES string of the molecule is CCNC(CCCOC)CCOC. The fraction of sp³-hybridized carbons (Fsp3) is 1.00. The number of methoxy groups -OCH3 is 2. The molecule has 0 aromatic heterocycles. The van der Waals surface area contributed by atoms with Crippen molar-refractivity contribution in [3.63, 3.8) is 0 Å². The molecule has 0 spiro atoms. The summed E-state index contributed by atoms with van der Waals surface area (Å²) < 4.78 is 10.1. The Kier molecular flexibility index (Phi) is 9.87. The van der Waals surface area contributed by atoms with E-state index in [0.29, 0.717) is 6.04 Å². The Balaban J connectivity index is 3.41. The quantitative estimate of drug-likeness (QED) is 0.557. The summed E-state index contributed by atoms with van der Waals surface area (Å²) in [7, 11) is 3.50. The van der Waals surface area contributed by atoms with Crippen LogP contribution in [0.4, 0.5) is 0 Å². The third-order valence-electron chi connectivity index (χ3n) is 2.06. The van der Waals surface area contributed by atoms with Crippen molar-refractivity contribution >= 4 is 0 Å². The number of rotatable bonds is 9. The molecule has 80 valence electrons. The Labute approximate surface area is 81.8 Å². The fourth-order valence-electron chi connectivity index (χ4n) is 1.37. The summed E-state index contributed by atoms with van der Waals surface area (Å²) in [5.74, 6) is 0. The first-order valence-corrected chi connectivity index (χ1v) is 5.06. The van der Waals surface area contributed by atoms with Crippen LogP contribution in [-0.2, 0) is 9.47 Å². The number of nitrogens with one attached hydrogen (secondary N) is 1. The first kappa shape index (κ1) is 12.9. The number of hydrogen-bond acceptors (Lipinski definition) is 3. The molecular formula is C10H23NO2. The van der Waals surface area contributed by atoms with E-state index >= 15 is 0 Å². The Bertz CT molecular complexity index is 98.9. The van der Waals surface area contributed by atoms with Crippen LogP contribution in [0, 0.1) is 0 Å². The molecule has 1 unspecified atom stereocenters. The van der Waals surface area contributed by atoms with Crippen molar-refractivity contribution in [1.82, 2.24) is 5.32 Å². The Morgan fingerprint density at radius 2 is 1.77 bits per heavy atom. The van der Waals surface area contributed by atoms with E-state index < -0.39 is 0 Å². The average molecular weight is 189 g/mol. The predicted octanol–water partition coefficient (Wildman–Crippen LogP) is 1.43. The second kappa shape index (κ2) is 9.96. The molecule has 0 aromatic rings. The average Bonchev–Trinajstić information content (AvgIpc) is 2.14. The highest BCUT2D eigenvalue weighted by Gasteiger charge is 2.05. The van der Waals surface area contributed by atoms with Crippen molar-refractivity contribution in [2.24, 2.45) is 0 Å². The van der Waals surface area contributed by atoms with Crippen molar-refractivity contribution in [2.75, 3.05) is 34.0 Å². The van der Waals surface area contributed by atoms with E-state index in [1.54, 1.807) is 14.2 Å². The van der Waals surface area contributed by atoms with Crippen LogP contribution in [0.2, 0.25) is 0 Å². The van der Waals surface area contributed by atoms with Gasteiger partial charge < -0.3 is 14.8 Å². The van der Waals surface area contributed by atoms with Crippen molar-refractivity contribution in [2.45, 2.75) is 32.2 Å². The summed E-state index contributed by atoms with van der Waals surface area (Å²) in [4.78, 5) is 0. The first-order chi connectivity index (χ1) is 6.35. The van der Waals surface area contributed by atoms with Crippen molar-refractivity contribution in [3.8, 4) is 0 Å². The van der Waals surface area contributed by atoms with Crippen LogP contribution in [0.1, 0.15) is 26.2 Å². The Hall–Kier alpha value is -0.120. The van der Waals surface area contributed by atoms with Gasteiger partial charge in [-0.1, -0.05) is 6.92 Å². The van der Waals surface area contributed by atoms with E-state index in [-0.39, 0.29) is 0 Å². The van der Waals surface area contributed by atoms with Gasteiger partial charge in [-0.25, -0.2) is 0 Å². The third kappa shape index (κ3) is 8.22.